The molecule has 0 amide bonds. The van der Waals surface area contributed by atoms with Gasteiger partial charge in [-0.05, 0) is 53.4 Å². The lowest BCUT2D eigenvalue weighted by atomic mass is 10.0. The fourth-order valence-corrected chi connectivity index (χ4v) is 5.08. The van der Waals surface area contributed by atoms with Crippen molar-refractivity contribution >= 4 is 0 Å². The Bertz CT molecular complexity index is 613. The first-order chi connectivity index (χ1) is 20.9. The second-order valence-electron chi connectivity index (χ2n) is 11.8. The highest BCUT2D eigenvalue weighted by Gasteiger charge is 2.40. The summed E-state index contributed by atoms with van der Waals surface area (Å²) in [6, 6.07) is 0. The Balaban J connectivity index is 0. The van der Waals surface area contributed by atoms with Crippen molar-refractivity contribution in [1.29, 1.82) is 0 Å². The molecule has 14 heteroatoms. The third-order valence-corrected chi connectivity index (χ3v) is 8.09. The Hall–Kier alpha value is -1.04. The second-order valence-corrected chi connectivity index (χ2v) is 11.8. The van der Waals surface area contributed by atoms with E-state index in [9.17, 15) is 10.1 Å². The number of rotatable bonds is 15. The van der Waals surface area contributed by atoms with Crippen LogP contribution in [0.15, 0.2) is 0 Å². The molecular weight excluding hydrogens is 566 g/mol. The normalized spacial score (nSPS) is 21.8. The van der Waals surface area contributed by atoms with Crippen LogP contribution in [0.2, 0.25) is 0 Å². The molecule has 4 saturated heterocycles. The fraction of sp³-hybridized carbons (Fsp3) is 1.00. The van der Waals surface area contributed by atoms with E-state index in [4.69, 9.17) is 15.3 Å². The van der Waals surface area contributed by atoms with E-state index in [2.05, 4.69) is 48.6 Å². The van der Waals surface area contributed by atoms with Crippen LogP contribution in [0.3, 0.4) is 0 Å². The van der Waals surface area contributed by atoms with E-state index in [-0.39, 0.29) is 24.7 Å². The summed E-state index contributed by atoms with van der Waals surface area (Å²) < 4.78 is 0. The lowest BCUT2D eigenvalue weighted by molar-refractivity contribution is -0.566. The first kappa shape index (κ1) is 45.1. The van der Waals surface area contributed by atoms with Gasteiger partial charge >= 0.3 is 0 Å². The molecule has 0 atom stereocenters. The summed E-state index contributed by atoms with van der Waals surface area (Å²) in [7, 11) is 3.39. The molecule has 0 aliphatic carbocycles. The predicted molar refractivity (Wildman–Crippen MR) is 181 cm³/mol. The monoisotopic (exact) mass is 638 g/mol. The van der Waals surface area contributed by atoms with E-state index in [1.165, 1.54) is 40.0 Å². The van der Waals surface area contributed by atoms with Gasteiger partial charge in [0.1, 0.15) is 0 Å². The van der Waals surface area contributed by atoms with Crippen molar-refractivity contribution in [1.82, 2.24) is 39.6 Å². The molecule has 266 valence electrons. The molecular formula is C30H71N9O5. The van der Waals surface area contributed by atoms with Crippen LogP contribution in [-0.2, 0) is 0 Å². The van der Waals surface area contributed by atoms with Crippen LogP contribution in [0.4, 0.5) is 0 Å². The molecule has 4 aliphatic rings. The summed E-state index contributed by atoms with van der Waals surface area (Å²) in [6.07, 6.45) is 0. The van der Waals surface area contributed by atoms with Crippen molar-refractivity contribution < 1.29 is 20.2 Å². The molecule has 14 nitrogen and oxygen atoms in total. The van der Waals surface area contributed by atoms with Gasteiger partial charge in [0.05, 0.1) is 78.5 Å². The lowest BCUT2D eigenvalue weighted by Gasteiger charge is -2.56. The largest absolute Gasteiger partial charge is 0.394 e. The number of aliphatic hydroxyl groups excluding tert-OH is 3. The number of likely N-dealkylation sites (N-methyl/N-ethyl adjacent to an activating group) is 3. The minimum atomic E-state index is -0.877. The molecule has 0 saturated carbocycles. The van der Waals surface area contributed by atoms with Crippen molar-refractivity contribution in [2.45, 2.75) is 73.4 Å². The molecule has 0 radical (unpaired) electrons. The predicted octanol–water partition coefficient (Wildman–Crippen LogP) is 0.591. The number of hydrogen-bond acceptors (Lipinski definition) is 13. The minimum absolute atomic E-state index is 0.121. The Kier molecular flexibility index (Phi) is 25.7. The zero-order chi connectivity index (χ0) is 34.3. The maximum Gasteiger partial charge on any atom is 0.244 e. The molecule has 4 aliphatic heterocycles. The van der Waals surface area contributed by atoms with Gasteiger partial charge in [0.25, 0.3) is 0 Å². The van der Waals surface area contributed by atoms with Crippen LogP contribution in [0.1, 0.15) is 62.3 Å². The van der Waals surface area contributed by atoms with Crippen LogP contribution in [-0.4, -0.2) is 192 Å². The van der Waals surface area contributed by atoms with Crippen LogP contribution in [0, 0.1) is 10.1 Å². The topological polar surface area (TPSA) is 139 Å². The molecule has 0 aromatic rings. The summed E-state index contributed by atoms with van der Waals surface area (Å²) >= 11 is 0. The van der Waals surface area contributed by atoms with E-state index >= 15 is 0 Å². The molecule has 4 bridgehead atoms. The van der Waals surface area contributed by atoms with E-state index in [0.29, 0.717) is 13.1 Å². The second kappa shape index (κ2) is 25.1. The number of hydrogen-bond donors (Lipinski definition) is 4. The Labute approximate surface area is 269 Å². The summed E-state index contributed by atoms with van der Waals surface area (Å²) in [5.41, 5.74) is -1.75. The van der Waals surface area contributed by atoms with Gasteiger partial charge in [0, 0.05) is 11.8 Å². The number of nitro groups is 1. The van der Waals surface area contributed by atoms with Crippen LogP contribution < -0.4 is 5.32 Å². The highest BCUT2D eigenvalue weighted by Crippen LogP contribution is 2.20. The molecule has 0 unspecified atom stereocenters. The standard InChI is InChI=1S/C12H27N3O2.C6H12N4.C6H15NO3.C4H11N.C2H6/c1-6-13(7-2)10-12(5,15(16)17)11-14(8-3)9-4;1-7-2-9-4-8(1)5-10(3-7)6-9;1-7(2)6(3-8,4-9)5-10;1-3-5-4-2;1-2/h6-11H2,1-5H3;1-6H2;8-10H,3-5H2,1-2H3;5H,3-4H2,1-2H3;1-2H3. The molecule has 44 heavy (non-hydrogen) atoms. The summed E-state index contributed by atoms with van der Waals surface area (Å²) in [6.45, 7) is 31.2. The average Bonchev–Trinajstić information content (AvgIpc) is 3.01. The quantitative estimate of drug-likeness (QED) is 0.147. The summed E-state index contributed by atoms with van der Waals surface area (Å²) in [5.74, 6) is 0. The first-order valence-corrected chi connectivity index (χ1v) is 16.6. The molecule has 0 aromatic carbocycles. The van der Waals surface area contributed by atoms with Gasteiger partial charge in [-0.25, -0.2) is 0 Å². The zero-order valence-electron chi connectivity index (χ0n) is 30.3. The number of nitrogens with one attached hydrogen (secondary N) is 1. The van der Waals surface area contributed by atoms with Crippen molar-refractivity contribution in [3.63, 3.8) is 0 Å². The molecule has 0 aromatic heterocycles. The molecule has 4 fully saturated rings. The van der Waals surface area contributed by atoms with Crippen molar-refractivity contribution in [2.24, 2.45) is 0 Å². The van der Waals surface area contributed by atoms with Crippen molar-refractivity contribution in [3.05, 3.63) is 10.1 Å². The third kappa shape index (κ3) is 16.0. The van der Waals surface area contributed by atoms with Crippen molar-refractivity contribution in [2.75, 3.05) is 126 Å². The smallest absolute Gasteiger partial charge is 0.244 e. The van der Waals surface area contributed by atoms with Gasteiger partial charge in [0.2, 0.25) is 5.54 Å². The first-order valence-electron chi connectivity index (χ1n) is 16.6. The highest BCUT2D eigenvalue weighted by atomic mass is 16.6. The van der Waals surface area contributed by atoms with Gasteiger partial charge in [-0.2, -0.15) is 0 Å². The van der Waals surface area contributed by atoms with Gasteiger partial charge in [-0.15, -0.1) is 0 Å². The maximum atomic E-state index is 11.3. The SMILES string of the molecule is C1N2CN3CN1CN(C2)C3.CC.CCN(CC)CC(C)(CN(CC)CC)[N+](=O)[O-].CCNCC.CN(C)C(CO)(CO)CO. The Morgan fingerprint density at radius 2 is 0.955 bits per heavy atom. The van der Waals surface area contributed by atoms with E-state index in [0.717, 1.165) is 39.3 Å². The summed E-state index contributed by atoms with van der Waals surface area (Å²) in [4.78, 5) is 26.9. The highest BCUT2D eigenvalue weighted by molar-refractivity contribution is 4.85. The van der Waals surface area contributed by atoms with Gasteiger partial charge < -0.3 is 20.6 Å². The summed E-state index contributed by atoms with van der Waals surface area (Å²) in [5, 5.41) is 40.8. The fourth-order valence-electron chi connectivity index (χ4n) is 5.08. The third-order valence-electron chi connectivity index (χ3n) is 8.09. The van der Waals surface area contributed by atoms with Gasteiger partial charge in [-0.1, -0.05) is 55.4 Å². The zero-order valence-corrected chi connectivity index (χ0v) is 30.3. The minimum Gasteiger partial charge on any atom is -0.394 e. The van der Waals surface area contributed by atoms with Crippen LogP contribution >= 0.6 is 0 Å². The van der Waals surface area contributed by atoms with E-state index in [1.807, 2.05) is 41.5 Å². The van der Waals surface area contributed by atoms with E-state index in [1.54, 1.807) is 25.9 Å². The van der Waals surface area contributed by atoms with E-state index < -0.39 is 11.1 Å². The Morgan fingerprint density at radius 1 is 0.682 bits per heavy atom. The van der Waals surface area contributed by atoms with Gasteiger partial charge in [0.15, 0.2) is 0 Å². The Morgan fingerprint density at radius 3 is 1.07 bits per heavy atom. The van der Waals surface area contributed by atoms with Gasteiger partial charge in [-0.3, -0.25) is 44.4 Å². The van der Waals surface area contributed by atoms with Crippen LogP contribution in [0.25, 0.3) is 0 Å². The number of nitrogens with zero attached hydrogens (tertiary/aromatic N) is 8. The molecule has 4 N–H and O–H groups in total. The van der Waals surface area contributed by atoms with Crippen molar-refractivity contribution in [3.8, 4) is 0 Å². The van der Waals surface area contributed by atoms with Crippen LogP contribution in [0.5, 0.6) is 0 Å². The lowest BCUT2D eigenvalue weighted by Crippen LogP contribution is -2.71. The molecule has 4 rings (SSSR count). The maximum absolute atomic E-state index is 11.3. The molecule has 4 heterocycles. The average molecular weight is 638 g/mol. The number of aliphatic hydroxyl groups is 3. The molecule has 0 spiro atoms.